The summed E-state index contributed by atoms with van der Waals surface area (Å²) in [4.78, 5) is 11.4. The molecular weight excluding hydrogens is 206 g/mol. The van der Waals surface area contributed by atoms with E-state index in [9.17, 15) is 4.79 Å². The van der Waals surface area contributed by atoms with Crippen LogP contribution in [-0.4, -0.2) is 35.9 Å². The van der Waals surface area contributed by atoms with Crippen LogP contribution in [0, 0.1) is 18.3 Å². The zero-order chi connectivity index (χ0) is 12.2. The minimum atomic E-state index is -1.46. The molecule has 1 heterocycles. The van der Waals surface area contributed by atoms with E-state index in [1.165, 1.54) is 0 Å². The molecule has 4 heteroatoms. The molecule has 0 amide bonds. The number of esters is 1. The molecule has 90 valence electrons. The first-order chi connectivity index (χ1) is 7.47. The third-order valence-corrected chi connectivity index (χ3v) is 3.07. The Hall–Kier alpha value is -1.05. The van der Waals surface area contributed by atoms with Crippen LogP contribution in [-0.2, 0) is 9.53 Å². The second kappa shape index (κ2) is 5.33. The van der Waals surface area contributed by atoms with E-state index in [1.807, 2.05) is 19.8 Å². The number of rotatable bonds is 3. The maximum atomic E-state index is 11.4. The third-order valence-electron chi connectivity index (χ3n) is 3.07. The molecule has 0 aromatic heterocycles. The molecular formula is C12H19NO3. The molecule has 0 saturated carbocycles. The van der Waals surface area contributed by atoms with Crippen LogP contribution in [0.15, 0.2) is 0 Å². The lowest BCUT2D eigenvalue weighted by Crippen LogP contribution is -2.44. The van der Waals surface area contributed by atoms with Gasteiger partial charge in [-0.15, -0.1) is 6.42 Å². The molecule has 0 aromatic carbocycles. The lowest BCUT2D eigenvalue weighted by molar-refractivity contribution is -0.169. The van der Waals surface area contributed by atoms with Crippen LogP contribution in [0.1, 0.15) is 26.7 Å². The lowest BCUT2D eigenvalue weighted by Gasteiger charge is -2.36. The minimum absolute atomic E-state index is 0.308. The zero-order valence-corrected chi connectivity index (χ0v) is 9.82. The number of terminal acetylenes is 1. The van der Waals surface area contributed by atoms with Crippen molar-refractivity contribution in [2.45, 2.75) is 38.4 Å². The number of hydrogen-bond acceptors (Lipinski definition) is 4. The van der Waals surface area contributed by atoms with E-state index in [0.717, 1.165) is 25.9 Å². The quantitative estimate of drug-likeness (QED) is 0.536. The number of nitrogens with one attached hydrogen (secondary N) is 1. The molecule has 0 radical (unpaired) electrons. The summed E-state index contributed by atoms with van der Waals surface area (Å²) in [7, 11) is 0. The summed E-state index contributed by atoms with van der Waals surface area (Å²) in [5.41, 5.74) is -0.572. The molecule has 1 fully saturated rings. The number of aliphatic hydroxyl groups excluding tert-OH is 1. The zero-order valence-electron chi connectivity index (χ0n) is 9.82. The van der Waals surface area contributed by atoms with Crippen LogP contribution in [0.3, 0.4) is 0 Å². The molecule has 1 rings (SSSR count). The summed E-state index contributed by atoms with van der Waals surface area (Å²) in [6, 6.07) is 0. The van der Waals surface area contributed by atoms with Gasteiger partial charge in [0.05, 0.1) is 0 Å². The molecule has 1 aliphatic rings. The van der Waals surface area contributed by atoms with Crippen molar-refractivity contribution in [2.24, 2.45) is 5.92 Å². The highest BCUT2D eigenvalue weighted by Gasteiger charge is 2.35. The van der Waals surface area contributed by atoms with E-state index < -0.39 is 17.7 Å². The summed E-state index contributed by atoms with van der Waals surface area (Å²) >= 11 is 0. The molecule has 1 unspecified atom stereocenters. The Balaban J connectivity index is 2.56. The Bertz CT molecular complexity index is 287. The fourth-order valence-corrected chi connectivity index (χ4v) is 1.98. The molecule has 16 heavy (non-hydrogen) atoms. The highest BCUT2D eigenvalue weighted by molar-refractivity contribution is 5.78. The van der Waals surface area contributed by atoms with Crippen molar-refractivity contribution in [3.63, 3.8) is 0 Å². The Kier molecular flexibility index (Phi) is 4.34. The first-order valence-corrected chi connectivity index (χ1v) is 5.55. The first kappa shape index (κ1) is 13.0. The largest absolute Gasteiger partial charge is 0.457 e. The Morgan fingerprint density at radius 2 is 2.12 bits per heavy atom. The topological polar surface area (TPSA) is 58.6 Å². The van der Waals surface area contributed by atoms with E-state index in [4.69, 9.17) is 16.3 Å². The molecule has 1 aliphatic heterocycles. The van der Waals surface area contributed by atoms with Gasteiger partial charge in [0.15, 0.2) is 0 Å². The van der Waals surface area contributed by atoms with Crippen molar-refractivity contribution in [2.75, 3.05) is 13.1 Å². The molecule has 1 saturated heterocycles. The van der Waals surface area contributed by atoms with Gasteiger partial charge in [-0.3, -0.25) is 0 Å². The van der Waals surface area contributed by atoms with Crippen molar-refractivity contribution in [3.05, 3.63) is 0 Å². The minimum Gasteiger partial charge on any atom is -0.457 e. The van der Waals surface area contributed by atoms with Gasteiger partial charge in [0.2, 0.25) is 6.10 Å². The fraction of sp³-hybridized carbons (Fsp3) is 0.750. The SMILES string of the molecule is C#CC(O)C(=O)OC(C)(C)C1CCNCC1. The predicted molar refractivity (Wildman–Crippen MR) is 60.6 cm³/mol. The van der Waals surface area contributed by atoms with Crippen LogP contribution >= 0.6 is 0 Å². The van der Waals surface area contributed by atoms with Gasteiger partial charge in [0, 0.05) is 5.92 Å². The van der Waals surface area contributed by atoms with Crippen molar-refractivity contribution in [1.29, 1.82) is 0 Å². The smallest absolute Gasteiger partial charge is 0.348 e. The maximum Gasteiger partial charge on any atom is 0.348 e. The molecule has 2 N–H and O–H groups in total. The molecule has 0 aromatic rings. The normalized spacial score (nSPS) is 19.9. The van der Waals surface area contributed by atoms with Crippen molar-refractivity contribution in [3.8, 4) is 12.3 Å². The highest BCUT2D eigenvalue weighted by atomic mass is 16.6. The van der Waals surface area contributed by atoms with Crippen molar-refractivity contribution >= 4 is 5.97 Å². The first-order valence-electron chi connectivity index (χ1n) is 5.55. The third kappa shape index (κ3) is 3.22. The van der Waals surface area contributed by atoms with E-state index >= 15 is 0 Å². The van der Waals surface area contributed by atoms with Gasteiger partial charge < -0.3 is 15.2 Å². The number of piperidine rings is 1. The molecule has 4 nitrogen and oxygen atoms in total. The van der Waals surface area contributed by atoms with Gasteiger partial charge in [-0.2, -0.15) is 0 Å². The van der Waals surface area contributed by atoms with E-state index in [-0.39, 0.29) is 0 Å². The van der Waals surface area contributed by atoms with Gasteiger partial charge >= 0.3 is 5.97 Å². The monoisotopic (exact) mass is 225 g/mol. The number of carbonyl (C=O) groups is 1. The average molecular weight is 225 g/mol. The van der Waals surface area contributed by atoms with Gasteiger partial charge in [-0.1, -0.05) is 5.92 Å². The Morgan fingerprint density at radius 1 is 1.56 bits per heavy atom. The summed E-state index contributed by atoms with van der Waals surface area (Å²) in [6.45, 7) is 5.60. The van der Waals surface area contributed by atoms with Gasteiger partial charge in [-0.05, 0) is 39.8 Å². The van der Waals surface area contributed by atoms with E-state index in [1.54, 1.807) is 0 Å². The summed E-state index contributed by atoms with van der Waals surface area (Å²) in [5, 5.41) is 12.4. The second-order valence-electron chi connectivity index (χ2n) is 4.62. The van der Waals surface area contributed by atoms with Crippen LogP contribution in [0.2, 0.25) is 0 Å². The second-order valence-corrected chi connectivity index (χ2v) is 4.62. The number of ether oxygens (including phenoxy) is 1. The summed E-state index contributed by atoms with van der Waals surface area (Å²) in [6.07, 6.45) is 5.43. The van der Waals surface area contributed by atoms with Gasteiger partial charge in [-0.25, -0.2) is 4.79 Å². The predicted octanol–water partition coefficient (Wildman–Crippen LogP) is 0.302. The van der Waals surface area contributed by atoms with E-state index in [0.29, 0.717) is 5.92 Å². The van der Waals surface area contributed by atoms with Crippen LogP contribution in [0.5, 0.6) is 0 Å². The Labute approximate surface area is 96.4 Å². The highest BCUT2D eigenvalue weighted by Crippen LogP contribution is 2.29. The van der Waals surface area contributed by atoms with Crippen LogP contribution in [0.4, 0.5) is 0 Å². The number of aliphatic hydroxyl groups is 1. The number of carbonyl (C=O) groups excluding carboxylic acids is 1. The summed E-state index contributed by atoms with van der Waals surface area (Å²) in [5.74, 6) is 1.54. The van der Waals surface area contributed by atoms with Gasteiger partial charge in [0.1, 0.15) is 5.60 Å². The fourth-order valence-electron chi connectivity index (χ4n) is 1.98. The average Bonchev–Trinajstić information content (AvgIpc) is 2.28. The molecule has 0 bridgehead atoms. The standard InChI is InChI=1S/C12H19NO3/c1-4-10(14)11(15)16-12(2,3)9-5-7-13-8-6-9/h1,9-10,13-14H,5-8H2,2-3H3. The van der Waals surface area contributed by atoms with Gasteiger partial charge in [0.25, 0.3) is 0 Å². The van der Waals surface area contributed by atoms with Crippen molar-refractivity contribution in [1.82, 2.24) is 5.32 Å². The number of hydrogen-bond donors (Lipinski definition) is 2. The van der Waals surface area contributed by atoms with Crippen molar-refractivity contribution < 1.29 is 14.6 Å². The maximum absolute atomic E-state index is 11.4. The molecule has 0 aliphatic carbocycles. The molecule has 1 atom stereocenters. The van der Waals surface area contributed by atoms with E-state index in [2.05, 4.69) is 5.32 Å². The van der Waals surface area contributed by atoms with Crippen LogP contribution < -0.4 is 5.32 Å². The lowest BCUT2D eigenvalue weighted by atomic mass is 9.83. The van der Waals surface area contributed by atoms with Crippen LogP contribution in [0.25, 0.3) is 0 Å². The molecule has 0 spiro atoms. The Morgan fingerprint density at radius 3 is 2.62 bits per heavy atom. The summed E-state index contributed by atoms with van der Waals surface area (Å²) < 4.78 is 5.27.